The average Bonchev–Trinajstić information content (AvgIpc) is 2.71. The van der Waals surface area contributed by atoms with Crippen LogP contribution in [0.1, 0.15) is 11.1 Å². The van der Waals surface area contributed by atoms with Crippen LogP contribution in [-0.2, 0) is 14.8 Å². The molecule has 1 saturated heterocycles. The van der Waals surface area contributed by atoms with Crippen LogP contribution in [0.4, 0.5) is 5.69 Å². The SMILES string of the molecule is COc1ccc(S(=O)(=O)N2CCN(CC(=O)Nc3cc(C)ccc3C)CC2)cc1. The number of rotatable bonds is 6. The number of aryl methyl sites for hydroxylation is 2. The van der Waals surface area contributed by atoms with Gasteiger partial charge < -0.3 is 10.1 Å². The minimum absolute atomic E-state index is 0.0924. The van der Waals surface area contributed by atoms with Gasteiger partial charge in [0.05, 0.1) is 18.6 Å². The Morgan fingerprint density at radius 1 is 1.03 bits per heavy atom. The number of amides is 1. The number of piperazine rings is 1. The number of nitrogens with zero attached hydrogens (tertiary/aromatic N) is 2. The molecule has 0 radical (unpaired) electrons. The second-order valence-electron chi connectivity index (χ2n) is 7.22. The van der Waals surface area contributed by atoms with Gasteiger partial charge in [0, 0.05) is 31.9 Å². The lowest BCUT2D eigenvalue weighted by molar-refractivity contribution is -0.117. The first-order valence-electron chi connectivity index (χ1n) is 9.53. The highest BCUT2D eigenvalue weighted by atomic mass is 32.2. The van der Waals surface area contributed by atoms with Crippen molar-refractivity contribution in [3.8, 4) is 5.75 Å². The maximum absolute atomic E-state index is 12.8. The first kappa shape index (κ1) is 21.3. The van der Waals surface area contributed by atoms with E-state index in [1.54, 1.807) is 31.4 Å². The number of nitrogens with one attached hydrogen (secondary N) is 1. The van der Waals surface area contributed by atoms with Gasteiger partial charge in [-0.2, -0.15) is 4.31 Å². The fourth-order valence-corrected chi connectivity index (χ4v) is 4.71. The van der Waals surface area contributed by atoms with E-state index < -0.39 is 10.0 Å². The monoisotopic (exact) mass is 417 g/mol. The van der Waals surface area contributed by atoms with Crippen LogP contribution < -0.4 is 10.1 Å². The zero-order valence-corrected chi connectivity index (χ0v) is 17.8. The smallest absolute Gasteiger partial charge is 0.243 e. The Labute approximate surface area is 172 Å². The largest absolute Gasteiger partial charge is 0.497 e. The Morgan fingerprint density at radius 3 is 2.31 bits per heavy atom. The lowest BCUT2D eigenvalue weighted by Gasteiger charge is -2.33. The molecule has 1 N–H and O–H groups in total. The zero-order chi connectivity index (χ0) is 21.0. The van der Waals surface area contributed by atoms with E-state index in [1.165, 1.54) is 4.31 Å². The molecule has 3 rings (SSSR count). The molecule has 2 aromatic carbocycles. The predicted octanol–water partition coefficient (Wildman–Crippen LogP) is 2.26. The van der Waals surface area contributed by atoms with Crippen molar-refractivity contribution in [3.63, 3.8) is 0 Å². The van der Waals surface area contributed by atoms with E-state index in [0.29, 0.717) is 31.9 Å². The van der Waals surface area contributed by atoms with E-state index >= 15 is 0 Å². The molecule has 0 atom stereocenters. The van der Waals surface area contributed by atoms with Crippen molar-refractivity contribution in [2.45, 2.75) is 18.7 Å². The summed E-state index contributed by atoms with van der Waals surface area (Å²) in [6.07, 6.45) is 0. The lowest BCUT2D eigenvalue weighted by Crippen LogP contribution is -2.50. The molecule has 7 nitrogen and oxygen atoms in total. The number of hydrogen-bond acceptors (Lipinski definition) is 5. The predicted molar refractivity (Wildman–Crippen MR) is 113 cm³/mol. The Kier molecular flexibility index (Phi) is 6.56. The quantitative estimate of drug-likeness (QED) is 0.780. The van der Waals surface area contributed by atoms with E-state index in [1.807, 2.05) is 36.9 Å². The second kappa shape index (κ2) is 8.94. The number of anilines is 1. The van der Waals surface area contributed by atoms with Gasteiger partial charge in [-0.15, -0.1) is 0 Å². The van der Waals surface area contributed by atoms with Crippen LogP contribution in [-0.4, -0.2) is 63.4 Å². The number of ether oxygens (including phenoxy) is 1. The molecule has 0 saturated carbocycles. The summed E-state index contributed by atoms with van der Waals surface area (Å²) in [6, 6.07) is 12.3. The van der Waals surface area contributed by atoms with Crippen molar-refractivity contribution in [3.05, 3.63) is 53.6 Å². The minimum atomic E-state index is -3.55. The molecule has 1 aliphatic rings. The van der Waals surface area contributed by atoms with Crippen LogP contribution in [0.25, 0.3) is 0 Å². The highest BCUT2D eigenvalue weighted by Gasteiger charge is 2.29. The molecule has 156 valence electrons. The number of sulfonamides is 1. The van der Waals surface area contributed by atoms with E-state index in [9.17, 15) is 13.2 Å². The first-order valence-corrected chi connectivity index (χ1v) is 11.0. The van der Waals surface area contributed by atoms with E-state index in [0.717, 1.165) is 16.8 Å². The van der Waals surface area contributed by atoms with Crippen molar-refractivity contribution in [2.75, 3.05) is 45.2 Å². The molecule has 1 aliphatic heterocycles. The highest BCUT2D eigenvalue weighted by molar-refractivity contribution is 7.89. The average molecular weight is 418 g/mol. The highest BCUT2D eigenvalue weighted by Crippen LogP contribution is 2.21. The standard InChI is InChI=1S/C21H27N3O4S/c1-16-4-5-17(2)20(14-16)22-21(25)15-23-10-12-24(13-11-23)29(26,27)19-8-6-18(28-3)7-9-19/h4-9,14H,10-13,15H2,1-3H3,(H,22,25). The molecule has 2 aromatic rings. The van der Waals surface area contributed by atoms with Gasteiger partial charge in [-0.3, -0.25) is 9.69 Å². The summed E-state index contributed by atoms with van der Waals surface area (Å²) in [5.41, 5.74) is 2.92. The van der Waals surface area contributed by atoms with Crippen LogP contribution >= 0.6 is 0 Å². The fourth-order valence-electron chi connectivity index (χ4n) is 3.29. The van der Waals surface area contributed by atoms with Gasteiger partial charge >= 0.3 is 0 Å². The summed E-state index contributed by atoms with van der Waals surface area (Å²) in [5, 5.41) is 2.95. The van der Waals surface area contributed by atoms with Gasteiger partial charge in [0.25, 0.3) is 0 Å². The maximum Gasteiger partial charge on any atom is 0.243 e. The van der Waals surface area contributed by atoms with E-state index in [4.69, 9.17) is 4.74 Å². The molecule has 0 unspecified atom stereocenters. The molecule has 1 fully saturated rings. The number of benzene rings is 2. The Hall–Kier alpha value is -2.42. The van der Waals surface area contributed by atoms with Gasteiger partial charge in [-0.1, -0.05) is 12.1 Å². The third-order valence-corrected chi connectivity index (χ3v) is 6.98. The van der Waals surface area contributed by atoms with Gasteiger partial charge in [-0.25, -0.2) is 8.42 Å². The third-order valence-electron chi connectivity index (χ3n) is 5.06. The fraction of sp³-hybridized carbons (Fsp3) is 0.381. The molecular weight excluding hydrogens is 390 g/mol. The molecule has 29 heavy (non-hydrogen) atoms. The summed E-state index contributed by atoms with van der Waals surface area (Å²) in [6.45, 7) is 5.90. The Morgan fingerprint density at radius 2 is 1.69 bits per heavy atom. The van der Waals surface area contributed by atoms with Crippen molar-refractivity contribution in [2.24, 2.45) is 0 Å². The summed E-state index contributed by atoms with van der Waals surface area (Å²) in [4.78, 5) is 14.6. The number of carbonyl (C=O) groups excluding carboxylic acids is 1. The van der Waals surface area contributed by atoms with Gasteiger partial charge in [0.15, 0.2) is 0 Å². The molecular formula is C21H27N3O4S. The topological polar surface area (TPSA) is 79.0 Å². The molecule has 0 bridgehead atoms. The molecule has 1 heterocycles. The third kappa shape index (κ3) is 5.14. The van der Waals surface area contributed by atoms with Crippen LogP contribution in [0.5, 0.6) is 5.75 Å². The Bertz CT molecular complexity index is 966. The maximum atomic E-state index is 12.8. The van der Waals surface area contributed by atoms with Crippen molar-refractivity contribution in [1.29, 1.82) is 0 Å². The molecule has 0 spiro atoms. The van der Waals surface area contributed by atoms with Gasteiger partial charge in [0.2, 0.25) is 15.9 Å². The minimum Gasteiger partial charge on any atom is -0.497 e. The number of carbonyl (C=O) groups is 1. The van der Waals surface area contributed by atoms with Crippen molar-refractivity contribution < 1.29 is 17.9 Å². The lowest BCUT2D eigenvalue weighted by atomic mass is 10.1. The van der Waals surface area contributed by atoms with Crippen LogP contribution in [0, 0.1) is 13.8 Å². The molecule has 0 aliphatic carbocycles. The normalized spacial score (nSPS) is 15.8. The second-order valence-corrected chi connectivity index (χ2v) is 9.16. The number of hydrogen-bond donors (Lipinski definition) is 1. The number of methoxy groups -OCH3 is 1. The molecule has 8 heteroatoms. The van der Waals surface area contributed by atoms with Gasteiger partial charge in [0.1, 0.15) is 5.75 Å². The van der Waals surface area contributed by atoms with Crippen molar-refractivity contribution >= 4 is 21.6 Å². The Balaban J connectivity index is 1.55. The summed E-state index contributed by atoms with van der Waals surface area (Å²) in [5.74, 6) is 0.522. The summed E-state index contributed by atoms with van der Waals surface area (Å²) >= 11 is 0. The van der Waals surface area contributed by atoms with Crippen LogP contribution in [0.2, 0.25) is 0 Å². The zero-order valence-electron chi connectivity index (χ0n) is 17.0. The summed E-state index contributed by atoms with van der Waals surface area (Å²) in [7, 11) is -2.01. The van der Waals surface area contributed by atoms with Gasteiger partial charge in [-0.05, 0) is 55.3 Å². The summed E-state index contributed by atoms with van der Waals surface area (Å²) < 4.78 is 32.2. The van der Waals surface area contributed by atoms with E-state index in [2.05, 4.69) is 5.32 Å². The van der Waals surface area contributed by atoms with Crippen LogP contribution in [0.3, 0.4) is 0 Å². The molecule has 1 amide bonds. The molecule has 0 aromatic heterocycles. The van der Waals surface area contributed by atoms with Crippen LogP contribution in [0.15, 0.2) is 47.4 Å². The first-order chi connectivity index (χ1) is 13.8. The van der Waals surface area contributed by atoms with Crippen molar-refractivity contribution in [1.82, 2.24) is 9.21 Å². The van der Waals surface area contributed by atoms with E-state index in [-0.39, 0.29) is 17.3 Å².